The van der Waals surface area contributed by atoms with E-state index in [1.165, 1.54) is 5.56 Å². The van der Waals surface area contributed by atoms with Gasteiger partial charge in [-0.05, 0) is 61.7 Å². The van der Waals surface area contributed by atoms with Crippen LogP contribution in [0.2, 0.25) is 0 Å². The van der Waals surface area contributed by atoms with Gasteiger partial charge in [-0.25, -0.2) is 13.2 Å². The molecule has 0 saturated heterocycles. The second-order valence-electron chi connectivity index (χ2n) is 5.81. The van der Waals surface area contributed by atoms with Crippen molar-refractivity contribution in [2.75, 3.05) is 15.8 Å². The monoisotopic (exact) mass is 361 g/mol. The SMILES string of the molecule is CCS(=O)(=O)Nc1ccc(CNC(=O)Nc2ccc(C)c(C)c2)cc1. The molecule has 0 fully saturated rings. The highest BCUT2D eigenvalue weighted by Gasteiger charge is 2.07. The largest absolute Gasteiger partial charge is 0.334 e. The summed E-state index contributed by atoms with van der Waals surface area (Å²) in [6, 6.07) is 12.3. The molecular weight excluding hydrogens is 338 g/mol. The second kappa shape index (κ2) is 8.02. The molecular formula is C18H23N3O3S. The highest BCUT2D eigenvalue weighted by atomic mass is 32.2. The topological polar surface area (TPSA) is 87.3 Å². The molecule has 2 rings (SSSR count). The van der Waals surface area contributed by atoms with Gasteiger partial charge in [-0.15, -0.1) is 0 Å². The fourth-order valence-electron chi connectivity index (χ4n) is 2.12. The number of sulfonamides is 1. The summed E-state index contributed by atoms with van der Waals surface area (Å²) in [5.41, 5.74) is 4.40. The lowest BCUT2D eigenvalue weighted by Gasteiger charge is -2.10. The van der Waals surface area contributed by atoms with Gasteiger partial charge >= 0.3 is 6.03 Å². The highest BCUT2D eigenvalue weighted by Crippen LogP contribution is 2.14. The van der Waals surface area contributed by atoms with E-state index in [2.05, 4.69) is 15.4 Å². The van der Waals surface area contributed by atoms with Crippen molar-refractivity contribution in [1.82, 2.24) is 5.32 Å². The van der Waals surface area contributed by atoms with E-state index in [1.54, 1.807) is 31.2 Å². The number of nitrogens with one attached hydrogen (secondary N) is 3. The van der Waals surface area contributed by atoms with Gasteiger partial charge in [0, 0.05) is 17.9 Å². The van der Waals surface area contributed by atoms with E-state index in [4.69, 9.17) is 0 Å². The summed E-state index contributed by atoms with van der Waals surface area (Å²) in [5.74, 6) is 0.0228. The van der Waals surface area contributed by atoms with Crippen LogP contribution in [0.4, 0.5) is 16.2 Å². The molecule has 7 heteroatoms. The van der Waals surface area contributed by atoms with Crippen LogP contribution in [0.15, 0.2) is 42.5 Å². The van der Waals surface area contributed by atoms with Gasteiger partial charge in [-0.1, -0.05) is 18.2 Å². The first-order chi connectivity index (χ1) is 11.8. The summed E-state index contributed by atoms with van der Waals surface area (Å²) in [5, 5.41) is 5.56. The number of benzene rings is 2. The van der Waals surface area contributed by atoms with Crippen LogP contribution in [0.25, 0.3) is 0 Å². The predicted octanol–water partition coefficient (Wildman–Crippen LogP) is 3.39. The maximum Gasteiger partial charge on any atom is 0.319 e. The van der Waals surface area contributed by atoms with Gasteiger partial charge in [0.05, 0.1) is 5.75 Å². The zero-order chi connectivity index (χ0) is 18.4. The first-order valence-electron chi connectivity index (χ1n) is 8.00. The van der Waals surface area contributed by atoms with Crippen LogP contribution < -0.4 is 15.4 Å². The molecule has 0 aliphatic carbocycles. The Morgan fingerprint density at radius 3 is 2.20 bits per heavy atom. The summed E-state index contributed by atoms with van der Waals surface area (Å²) in [6.45, 7) is 5.93. The summed E-state index contributed by atoms with van der Waals surface area (Å²) < 4.78 is 25.5. The molecule has 0 radical (unpaired) electrons. The second-order valence-corrected chi connectivity index (χ2v) is 7.82. The molecule has 134 valence electrons. The number of urea groups is 1. The van der Waals surface area contributed by atoms with Crippen molar-refractivity contribution in [3.63, 3.8) is 0 Å². The van der Waals surface area contributed by atoms with Crippen molar-refractivity contribution in [2.24, 2.45) is 0 Å². The van der Waals surface area contributed by atoms with Crippen molar-refractivity contribution in [3.8, 4) is 0 Å². The third-order valence-corrected chi connectivity index (χ3v) is 5.13. The zero-order valence-electron chi connectivity index (χ0n) is 14.6. The molecule has 3 N–H and O–H groups in total. The number of rotatable bonds is 6. The van der Waals surface area contributed by atoms with E-state index in [9.17, 15) is 13.2 Å². The summed E-state index contributed by atoms with van der Waals surface area (Å²) in [4.78, 5) is 12.0. The number of aryl methyl sites for hydroxylation is 2. The zero-order valence-corrected chi connectivity index (χ0v) is 15.4. The average molecular weight is 361 g/mol. The van der Waals surface area contributed by atoms with Crippen LogP contribution >= 0.6 is 0 Å². The number of amides is 2. The standard InChI is InChI=1S/C18H23N3O3S/c1-4-25(23,24)21-16-9-6-15(7-10-16)12-19-18(22)20-17-8-5-13(2)14(3)11-17/h5-11,21H,4,12H2,1-3H3,(H2,19,20,22). The maximum absolute atomic E-state index is 12.0. The molecule has 0 spiro atoms. The lowest BCUT2D eigenvalue weighted by molar-refractivity contribution is 0.251. The molecule has 0 bridgehead atoms. The van der Waals surface area contributed by atoms with Gasteiger partial charge in [0.2, 0.25) is 10.0 Å². The van der Waals surface area contributed by atoms with Gasteiger partial charge in [-0.2, -0.15) is 0 Å². The van der Waals surface area contributed by atoms with Crippen molar-refractivity contribution in [3.05, 3.63) is 59.2 Å². The van der Waals surface area contributed by atoms with E-state index in [1.807, 2.05) is 32.0 Å². The summed E-state index contributed by atoms with van der Waals surface area (Å²) in [6.07, 6.45) is 0. The van der Waals surface area contributed by atoms with Gasteiger partial charge in [-0.3, -0.25) is 4.72 Å². The first kappa shape index (κ1) is 18.8. The van der Waals surface area contributed by atoms with Crippen molar-refractivity contribution in [2.45, 2.75) is 27.3 Å². The van der Waals surface area contributed by atoms with E-state index in [0.29, 0.717) is 12.2 Å². The lowest BCUT2D eigenvalue weighted by Crippen LogP contribution is -2.28. The molecule has 0 heterocycles. The lowest BCUT2D eigenvalue weighted by atomic mass is 10.1. The summed E-state index contributed by atoms with van der Waals surface area (Å²) in [7, 11) is -3.28. The van der Waals surface area contributed by atoms with E-state index < -0.39 is 10.0 Å². The minimum Gasteiger partial charge on any atom is -0.334 e. The van der Waals surface area contributed by atoms with Crippen molar-refractivity contribution in [1.29, 1.82) is 0 Å². The van der Waals surface area contributed by atoms with E-state index in [0.717, 1.165) is 16.8 Å². The Morgan fingerprint density at radius 1 is 0.960 bits per heavy atom. The molecule has 0 saturated carbocycles. The Balaban J connectivity index is 1.88. The minimum atomic E-state index is -3.28. The summed E-state index contributed by atoms with van der Waals surface area (Å²) >= 11 is 0. The molecule has 0 aliphatic heterocycles. The number of carbonyl (C=O) groups is 1. The number of hydrogen-bond donors (Lipinski definition) is 3. The van der Waals surface area contributed by atoms with Gasteiger partial charge in [0.1, 0.15) is 0 Å². The normalized spacial score (nSPS) is 11.0. The Labute approximate surface area is 148 Å². The number of anilines is 2. The van der Waals surface area contributed by atoms with Crippen molar-refractivity contribution >= 4 is 27.4 Å². The van der Waals surface area contributed by atoms with Gasteiger partial charge in [0.25, 0.3) is 0 Å². The smallest absolute Gasteiger partial charge is 0.319 e. The molecule has 0 unspecified atom stereocenters. The van der Waals surface area contributed by atoms with Crippen LogP contribution in [0.3, 0.4) is 0 Å². The van der Waals surface area contributed by atoms with Gasteiger partial charge in [0.15, 0.2) is 0 Å². The van der Waals surface area contributed by atoms with Crippen LogP contribution in [0.1, 0.15) is 23.6 Å². The Hall–Kier alpha value is -2.54. The fourth-order valence-corrected chi connectivity index (χ4v) is 2.76. The van der Waals surface area contributed by atoms with Crippen LogP contribution in [0, 0.1) is 13.8 Å². The molecule has 2 aromatic carbocycles. The van der Waals surface area contributed by atoms with Crippen molar-refractivity contribution < 1.29 is 13.2 Å². The Morgan fingerprint density at radius 2 is 1.60 bits per heavy atom. The molecule has 2 aromatic rings. The first-order valence-corrected chi connectivity index (χ1v) is 9.66. The van der Waals surface area contributed by atoms with E-state index in [-0.39, 0.29) is 11.8 Å². The minimum absolute atomic E-state index is 0.0228. The third kappa shape index (κ3) is 5.79. The molecule has 2 amide bonds. The fraction of sp³-hybridized carbons (Fsp3) is 0.278. The molecule has 6 nitrogen and oxygen atoms in total. The average Bonchev–Trinajstić information content (AvgIpc) is 2.57. The molecule has 0 aliphatic rings. The number of hydrogen-bond acceptors (Lipinski definition) is 3. The van der Waals surface area contributed by atoms with Crippen LogP contribution in [0.5, 0.6) is 0 Å². The van der Waals surface area contributed by atoms with Crippen LogP contribution in [-0.4, -0.2) is 20.2 Å². The predicted molar refractivity (Wildman–Crippen MR) is 101 cm³/mol. The Kier molecular flexibility index (Phi) is 6.03. The molecule has 25 heavy (non-hydrogen) atoms. The Bertz CT molecular complexity index is 846. The third-order valence-electron chi connectivity index (χ3n) is 3.83. The van der Waals surface area contributed by atoms with E-state index >= 15 is 0 Å². The molecule has 0 aromatic heterocycles. The number of carbonyl (C=O) groups excluding carboxylic acids is 1. The maximum atomic E-state index is 12.0. The highest BCUT2D eigenvalue weighted by molar-refractivity contribution is 7.92. The molecule has 0 atom stereocenters. The quantitative estimate of drug-likeness (QED) is 0.737. The van der Waals surface area contributed by atoms with Crippen LogP contribution in [-0.2, 0) is 16.6 Å². The van der Waals surface area contributed by atoms with Gasteiger partial charge < -0.3 is 10.6 Å².